The third-order valence-corrected chi connectivity index (χ3v) is 4.45. The maximum absolute atomic E-state index is 13.0. The third kappa shape index (κ3) is 2.42. The van der Waals surface area contributed by atoms with E-state index in [1.807, 2.05) is 24.3 Å². The summed E-state index contributed by atoms with van der Waals surface area (Å²) in [4.78, 5) is 28.9. The molecule has 1 N–H and O–H groups in total. The summed E-state index contributed by atoms with van der Waals surface area (Å²) in [5.41, 5.74) is 2.04. The number of fused-ring (bicyclic) bond motifs is 2. The number of nitrogens with zero attached hydrogens (tertiary/aromatic N) is 1. The molecule has 4 rings (SSSR count). The molecule has 0 fully saturated rings. The van der Waals surface area contributed by atoms with Crippen molar-refractivity contribution < 1.29 is 19.1 Å². The van der Waals surface area contributed by atoms with Crippen molar-refractivity contribution in [1.82, 2.24) is 4.98 Å². The Kier molecular flexibility index (Phi) is 3.70. The van der Waals surface area contributed by atoms with Crippen LogP contribution in [0.25, 0.3) is 10.9 Å². The molecule has 0 radical (unpaired) electrons. The van der Waals surface area contributed by atoms with Crippen LogP contribution in [0.3, 0.4) is 0 Å². The van der Waals surface area contributed by atoms with Crippen molar-refractivity contribution in [3.63, 3.8) is 0 Å². The summed E-state index contributed by atoms with van der Waals surface area (Å²) in [6, 6.07) is 13.8. The first-order chi connectivity index (χ1) is 12.6. The Labute approximate surface area is 149 Å². The molecule has 6 nitrogen and oxygen atoms in total. The van der Waals surface area contributed by atoms with E-state index in [2.05, 4.69) is 4.98 Å². The molecule has 2 aromatic carbocycles. The Balaban J connectivity index is 1.72. The number of Topliss-reactive ketones (excluding diaryl/α,β-unsaturated/α-hetero) is 2. The van der Waals surface area contributed by atoms with Gasteiger partial charge >= 0.3 is 0 Å². The summed E-state index contributed by atoms with van der Waals surface area (Å²) in [5, 5.41) is 10.2. The number of ether oxygens (including phenoxy) is 2. The minimum Gasteiger partial charge on any atom is -0.454 e. The summed E-state index contributed by atoms with van der Waals surface area (Å²) in [7, 11) is 0. The van der Waals surface area contributed by atoms with Crippen LogP contribution in [0.1, 0.15) is 26.4 Å². The quantitative estimate of drug-likeness (QED) is 0.577. The Morgan fingerprint density at radius 1 is 1.12 bits per heavy atom. The van der Waals surface area contributed by atoms with Crippen LogP contribution in [-0.2, 0) is 0 Å². The van der Waals surface area contributed by atoms with Gasteiger partial charge in [-0.15, -0.1) is 0 Å². The average molecular weight is 346 g/mol. The lowest BCUT2D eigenvalue weighted by atomic mass is 9.90. The molecule has 26 heavy (non-hydrogen) atoms. The van der Waals surface area contributed by atoms with Crippen LogP contribution in [0, 0.1) is 24.2 Å². The molecule has 1 aliphatic heterocycles. The zero-order chi connectivity index (χ0) is 18.3. The van der Waals surface area contributed by atoms with Gasteiger partial charge in [0.1, 0.15) is 0 Å². The smallest absolute Gasteiger partial charge is 0.231 e. The van der Waals surface area contributed by atoms with E-state index in [-0.39, 0.29) is 12.4 Å². The number of nitriles is 1. The average Bonchev–Trinajstić information content (AvgIpc) is 3.24. The fourth-order valence-corrected chi connectivity index (χ4v) is 3.19. The molecule has 1 aliphatic rings. The van der Waals surface area contributed by atoms with Gasteiger partial charge in [-0.1, -0.05) is 18.2 Å². The van der Waals surface area contributed by atoms with E-state index < -0.39 is 17.5 Å². The van der Waals surface area contributed by atoms with Gasteiger partial charge in [0.2, 0.25) is 6.79 Å². The van der Waals surface area contributed by atoms with Crippen LogP contribution in [-0.4, -0.2) is 23.3 Å². The number of aromatic nitrogens is 1. The lowest BCUT2D eigenvalue weighted by Crippen LogP contribution is -2.23. The number of H-pyrrole nitrogens is 1. The van der Waals surface area contributed by atoms with Crippen LogP contribution < -0.4 is 9.47 Å². The number of hydrogen-bond donors (Lipinski definition) is 1. The van der Waals surface area contributed by atoms with Gasteiger partial charge in [-0.2, -0.15) is 5.26 Å². The van der Waals surface area contributed by atoms with E-state index in [1.54, 1.807) is 19.1 Å². The maximum atomic E-state index is 13.0. The lowest BCUT2D eigenvalue weighted by Gasteiger charge is -2.09. The highest BCUT2D eigenvalue weighted by molar-refractivity contribution is 6.22. The van der Waals surface area contributed by atoms with E-state index in [0.717, 1.165) is 5.52 Å². The molecule has 0 bridgehead atoms. The molecule has 0 saturated heterocycles. The predicted molar refractivity (Wildman–Crippen MR) is 93.4 cm³/mol. The van der Waals surface area contributed by atoms with Crippen LogP contribution in [0.2, 0.25) is 0 Å². The van der Waals surface area contributed by atoms with Crippen LogP contribution in [0.5, 0.6) is 11.5 Å². The first kappa shape index (κ1) is 15.9. The molecular formula is C20H14N2O4. The number of carbonyl (C=O) groups excluding carboxylic acids is 2. The number of hydrogen-bond acceptors (Lipinski definition) is 5. The second-order valence-corrected chi connectivity index (χ2v) is 6.03. The van der Waals surface area contributed by atoms with Crippen molar-refractivity contribution in [2.45, 2.75) is 6.92 Å². The first-order valence-electron chi connectivity index (χ1n) is 8.05. The number of aromatic amines is 1. The summed E-state index contributed by atoms with van der Waals surface area (Å²) in [6.45, 7) is 1.84. The Morgan fingerprint density at radius 2 is 1.88 bits per heavy atom. The number of nitrogens with one attached hydrogen (secondary N) is 1. The van der Waals surface area contributed by atoms with E-state index in [4.69, 9.17) is 9.47 Å². The number of aryl methyl sites for hydroxylation is 1. The normalized spacial score (nSPS) is 13.4. The number of rotatable bonds is 4. The second kappa shape index (κ2) is 6.05. The highest BCUT2D eigenvalue weighted by Crippen LogP contribution is 2.33. The predicted octanol–water partition coefficient (Wildman–Crippen LogP) is 3.41. The van der Waals surface area contributed by atoms with Gasteiger partial charge in [-0.05, 0) is 31.2 Å². The number of carbonyl (C=O) groups is 2. The van der Waals surface area contributed by atoms with E-state index >= 15 is 0 Å². The Hall–Kier alpha value is -3.59. The molecule has 3 aromatic rings. The molecular weight excluding hydrogens is 332 g/mol. The second-order valence-electron chi connectivity index (χ2n) is 6.03. The number of ketones is 2. The monoisotopic (exact) mass is 346 g/mol. The molecule has 1 unspecified atom stereocenters. The van der Waals surface area contributed by atoms with Gasteiger partial charge < -0.3 is 14.5 Å². The molecule has 128 valence electrons. The third-order valence-electron chi connectivity index (χ3n) is 4.45. The van der Waals surface area contributed by atoms with Gasteiger partial charge in [0.05, 0.1) is 6.07 Å². The molecule has 0 saturated carbocycles. The Morgan fingerprint density at radius 3 is 2.69 bits per heavy atom. The van der Waals surface area contributed by atoms with E-state index in [1.165, 1.54) is 12.1 Å². The molecule has 1 atom stereocenters. The highest BCUT2D eigenvalue weighted by Gasteiger charge is 2.32. The molecule has 2 heterocycles. The molecule has 0 aliphatic carbocycles. The van der Waals surface area contributed by atoms with Gasteiger partial charge in [-0.25, -0.2) is 0 Å². The summed E-state index contributed by atoms with van der Waals surface area (Å²) in [6.07, 6.45) is 0. The summed E-state index contributed by atoms with van der Waals surface area (Å²) in [5.74, 6) is -1.52. The number of benzene rings is 2. The van der Waals surface area contributed by atoms with Gasteiger partial charge in [-0.3, -0.25) is 9.59 Å². The van der Waals surface area contributed by atoms with E-state index in [0.29, 0.717) is 28.1 Å². The van der Waals surface area contributed by atoms with Crippen molar-refractivity contribution in [3.05, 3.63) is 59.3 Å². The fraction of sp³-hybridized carbons (Fsp3) is 0.150. The van der Waals surface area contributed by atoms with Crippen molar-refractivity contribution in [2.24, 2.45) is 5.92 Å². The molecule has 6 heteroatoms. The first-order valence-corrected chi connectivity index (χ1v) is 8.05. The molecule has 1 aromatic heterocycles. The fourth-order valence-electron chi connectivity index (χ4n) is 3.19. The van der Waals surface area contributed by atoms with Gasteiger partial charge in [0, 0.05) is 27.7 Å². The Bertz CT molecular complexity index is 1090. The topological polar surface area (TPSA) is 92.2 Å². The minimum atomic E-state index is -1.42. The highest BCUT2D eigenvalue weighted by atomic mass is 16.7. The minimum absolute atomic E-state index is 0.0854. The molecule has 0 amide bonds. The standard InChI is InChI=1S/C20H14N2O4/c1-11-18(13-4-2-3-5-15(13)22-11)20(24)14(9-21)19(23)12-6-7-16-17(8-12)26-10-25-16/h2-8,14,22H,10H2,1H3. The lowest BCUT2D eigenvalue weighted by molar-refractivity contribution is 0.0846. The van der Waals surface area contributed by atoms with Crippen LogP contribution in [0.15, 0.2) is 42.5 Å². The van der Waals surface area contributed by atoms with Crippen molar-refractivity contribution >= 4 is 22.5 Å². The molecule has 0 spiro atoms. The van der Waals surface area contributed by atoms with Gasteiger partial charge in [0.25, 0.3) is 0 Å². The largest absolute Gasteiger partial charge is 0.454 e. The summed E-state index contributed by atoms with van der Waals surface area (Å²) >= 11 is 0. The van der Waals surface area contributed by atoms with Gasteiger partial charge in [0.15, 0.2) is 29.0 Å². The zero-order valence-electron chi connectivity index (χ0n) is 13.9. The zero-order valence-corrected chi connectivity index (χ0v) is 13.9. The van der Waals surface area contributed by atoms with Crippen LogP contribution in [0.4, 0.5) is 0 Å². The van der Waals surface area contributed by atoms with Crippen molar-refractivity contribution in [1.29, 1.82) is 5.26 Å². The maximum Gasteiger partial charge on any atom is 0.231 e. The van der Waals surface area contributed by atoms with Crippen molar-refractivity contribution in [3.8, 4) is 17.6 Å². The number of para-hydroxylation sites is 1. The summed E-state index contributed by atoms with van der Waals surface area (Å²) < 4.78 is 10.5. The van der Waals surface area contributed by atoms with E-state index in [9.17, 15) is 14.9 Å². The van der Waals surface area contributed by atoms with Crippen LogP contribution >= 0.6 is 0 Å². The SMILES string of the molecule is Cc1[nH]c2ccccc2c1C(=O)C(C#N)C(=O)c1ccc2c(c1)OCO2. The van der Waals surface area contributed by atoms with Crippen molar-refractivity contribution in [2.75, 3.05) is 6.79 Å².